The van der Waals surface area contributed by atoms with E-state index >= 15 is 0 Å². The number of fused-ring (bicyclic) bond motifs is 6. The highest BCUT2D eigenvalue weighted by Gasteiger charge is 2.18. The molecule has 48 heavy (non-hydrogen) atoms. The first-order valence-corrected chi connectivity index (χ1v) is 16.6. The molecule has 0 fully saturated rings. The molecule has 0 atom stereocenters. The van der Waals surface area contributed by atoms with Gasteiger partial charge in [0.2, 0.25) is 0 Å². The van der Waals surface area contributed by atoms with Gasteiger partial charge in [-0.2, -0.15) is 5.26 Å². The third kappa shape index (κ3) is 4.40. The summed E-state index contributed by atoms with van der Waals surface area (Å²) >= 11 is 1.82. The SMILES string of the molecule is [C-]#[N+]c1ccccc1-c1ccccc1-c1cc(-c2ccc3sc4ccccc4c3c2)cc(-n2c3ccccc3c3cc(C#N)ccc32)c1. The van der Waals surface area contributed by atoms with Gasteiger partial charge in [0.15, 0.2) is 5.69 Å². The highest BCUT2D eigenvalue weighted by Crippen LogP contribution is 2.42. The lowest BCUT2D eigenvalue weighted by atomic mass is 9.91. The summed E-state index contributed by atoms with van der Waals surface area (Å²) in [6.45, 7) is 7.88. The molecule has 7 aromatic carbocycles. The summed E-state index contributed by atoms with van der Waals surface area (Å²) in [5.41, 5.74) is 10.7. The van der Waals surface area contributed by atoms with Gasteiger partial charge in [0.25, 0.3) is 0 Å². The van der Waals surface area contributed by atoms with Gasteiger partial charge in [-0.3, -0.25) is 0 Å². The molecular formula is C44H25N3S. The highest BCUT2D eigenvalue weighted by atomic mass is 32.1. The monoisotopic (exact) mass is 627 g/mol. The molecule has 0 unspecified atom stereocenters. The van der Waals surface area contributed by atoms with Crippen molar-refractivity contribution in [2.24, 2.45) is 0 Å². The molecule has 3 nitrogen and oxygen atoms in total. The number of nitrogens with zero attached hydrogens (tertiary/aromatic N) is 3. The Labute approximate surface area is 281 Å². The van der Waals surface area contributed by atoms with Gasteiger partial charge >= 0.3 is 0 Å². The number of rotatable bonds is 4. The number of aromatic nitrogens is 1. The summed E-state index contributed by atoms with van der Waals surface area (Å²) in [7, 11) is 0. The van der Waals surface area contributed by atoms with E-state index in [1.807, 2.05) is 53.8 Å². The number of thiophene rings is 1. The second kappa shape index (κ2) is 11.1. The molecule has 4 heteroatoms. The minimum absolute atomic E-state index is 0.631. The van der Waals surface area contributed by atoms with Crippen LogP contribution in [0.5, 0.6) is 0 Å². The van der Waals surface area contributed by atoms with Crippen LogP contribution in [0.4, 0.5) is 5.69 Å². The molecule has 0 amide bonds. The molecule has 2 aromatic heterocycles. The van der Waals surface area contributed by atoms with Gasteiger partial charge in [-0.05, 0) is 94.0 Å². The number of hydrogen-bond acceptors (Lipinski definition) is 2. The molecule has 0 aliphatic carbocycles. The fraction of sp³-hybridized carbons (Fsp3) is 0. The van der Waals surface area contributed by atoms with Crippen molar-refractivity contribution in [3.05, 3.63) is 169 Å². The molecule has 0 aliphatic heterocycles. The number of nitriles is 1. The van der Waals surface area contributed by atoms with Crippen LogP contribution in [0.15, 0.2) is 152 Å². The lowest BCUT2D eigenvalue weighted by Crippen LogP contribution is -1.96. The van der Waals surface area contributed by atoms with Crippen LogP contribution >= 0.6 is 11.3 Å². The van der Waals surface area contributed by atoms with Crippen molar-refractivity contribution in [3.8, 4) is 45.1 Å². The van der Waals surface area contributed by atoms with Gasteiger partial charge in [0, 0.05) is 36.6 Å². The Kier molecular flexibility index (Phi) is 6.44. The van der Waals surface area contributed by atoms with Crippen LogP contribution in [-0.4, -0.2) is 4.57 Å². The predicted octanol–water partition coefficient (Wildman–Crippen LogP) is 12.6. The molecule has 2 heterocycles. The van der Waals surface area contributed by atoms with Gasteiger partial charge in [-0.1, -0.05) is 91.0 Å². The van der Waals surface area contributed by atoms with E-state index in [1.54, 1.807) is 0 Å². The van der Waals surface area contributed by atoms with Crippen LogP contribution in [0.25, 0.3) is 85.9 Å². The molecule has 0 radical (unpaired) electrons. The van der Waals surface area contributed by atoms with Crippen molar-refractivity contribution in [1.82, 2.24) is 4.57 Å². The number of para-hydroxylation sites is 2. The lowest BCUT2D eigenvalue weighted by molar-refractivity contribution is 1.18. The normalized spacial score (nSPS) is 11.3. The van der Waals surface area contributed by atoms with E-state index in [0.29, 0.717) is 11.3 Å². The van der Waals surface area contributed by atoms with E-state index in [9.17, 15) is 5.26 Å². The van der Waals surface area contributed by atoms with Gasteiger partial charge in [0.05, 0.1) is 29.2 Å². The molecular weight excluding hydrogens is 603 g/mol. The lowest BCUT2D eigenvalue weighted by Gasteiger charge is -2.17. The van der Waals surface area contributed by atoms with E-state index in [1.165, 1.54) is 20.2 Å². The Morgan fingerprint density at radius 1 is 0.521 bits per heavy atom. The maximum absolute atomic E-state index is 9.73. The molecule has 0 N–H and O–H groups in total. The maximum Gasteiger partial charge on any atom is 0.194 e. The second-order valence-electron chi connectivity index (χ2n) is 11.9. The fourth-order valence-electron chi connectivity index (χ4n) is 7.06. The summed E-state index contributed by atoms with van der Waals surface area (Å²) in [5, 5.41) is 14.4. The first-order chi connectivity index (χ1) is 23.7. The molecule has 0 spiro atoms. The summed E-state index contributed by atoms with van der Waals surface area (Å²) in [6, 6.07) is 55.1. The fourth-order valence-corrected chi connectivity index (χ4v) is 8.14. The Morgan fingerprint density at radius 2 is 1.21 bits per heavy atom. The smallest absolute Gasteiger partial charge is 0.194 e. The first kappa shape index (κ1) is 27.8. The summed E-state index contributed by atoms with van der Waals surface area (Å²) in [4.78, 5) is 3.86. The Balaban J connectivity index is 1.35. The number of hydrogen-bond donors (Lipinski definition) is 0. The quantitative estimate of drug-likeness (QED) is 0.179. The highest BCUT2D eigenvalue weighted by molar-refractivity contribution is 7.25. The average Bonchev–Trinajstić information content (AvgIpc) is 3.69. The van der Waals surface area contributed by atoms with Crippen molar-refractivity contribution in [2.45, 2.75) is 0 Å². The van der Waals surface area contributed by atoms with Gasteiger partial charge in [-0.15, -0.1) is 11.3 Å². The minimum Gasteiger partial charge on any atom is -0.309 e. The van der Waals surface area contributed by atoms with E-state index in [-0.39, 0.29) is 0 Å². The zero-order valence-corrected chi connectivity index (χ0v) is 26.5. The van der Waals surface area contributed by atoms with Crippen LogP contribution in [0, 0.1) is 17.9 Å². The van der Waals surface area contributed by atoms with E-state index in [0.717, 1.165) is 60.9 Å². The Morgan fingerprint density at radius 3 is 2.06 bits per heavy atom. The summed E-state index contributed by atoms with van der Waals surface area (Å²) in [6.07, 6.45) is 0. The van der Waals surface area contributed by atoms with E-state index in [2.05, 4.69) is 125 Å². The number of benzene rings is 7. The standard InChI is InChI=1S/C44H25N3S/c1-46-40-15-7-4-12-35(40)34-11-3-2-10-33(34)31-23-30(29-19-21-44-39(26-29)37-14-6-9-17-43(37)48-44)24-32(25-31)47-41-16-8-5-13-36(41)38-22-28(27-45)18-20-42(38)47/h2-26H. The first-order valence-electron chi connectivity index (χ1n) is 15.8. The molecule has 0 saturated carbocycles. The molecule has 222 valence electrons. The van der Waals surface area contributed by atoms with Gasteiger partial charge in [-0.25, -0.2) is 4.85 Å². The Hall–Kier alpha value is -6.46. The molecule has 0 bridgehead atoms. The molecule has 0 saturated heterocycles. The molecule has 9 rings (SSSR count). The largest absolute Gasteiger partial charge is 0.309 e. The van der Waals surface area contributed by atoms with Crippen molar-refractivity contribution in [3.63, 3.8) is 0 Å². The van der Waals surface area contributed by atoms with Crippen molar-refractivity contribution < 1.29 is 0 Å². The van der Waals surface area contributed by atoms with E-state index < -0.39 is 0 Å². The van der Waals surface area contributed by atoms with Crippen LogP contribution in [0.1, 0.15) is 5.56 Å². The van der Waals surface area contributed by atoms with Crippen LogP contribution in [0.2, 0.25) is 0 Å². The zero-order valence-electron chi connectivity index (χ0n) is 25.7. The second-order valence-corrected chi connectivity index (χ2v) is 13.0. The van der Waals surface area contributed by atoms with Crippen LogP contribution in [0.3, 0.4) is 0 Å². The third-order valence-corrected chi connectivity index (χ3v) is 10.4. The summed E-state index contributed by atoms with van der Waals surface area (Å²) < 4.78 is 4.87. The van der Waals surface area contributed by atoms with Gasteiger partial charge in [0.1, 0.15) is 0 Å². The van der Waals surface area contributed by atoms with Crippen molar-refractivity contribution in [2.75, 3.05) is 0 Å². The minimum atomic E-state index is 0.631. The maximum atomic E-state index is 9.73. The van der Waals surface area contributed by atoms with E-state index in [4.69, 9.17) is 6.57 Å². The summed E-state index contributed by atoms with van der Waals surface area (Å²) in [5.74, 6) is 0. The Bertz CT molecular complexity index is 2820. The molecule has 0 aliphatic rings. The van der Waals surface area contributed by atoms with Crippen molar-refractivity contribution >= 4 is 59.0 Å². The van der Waals surface area contributed by atoms with Crippen LogP contribution < -0.4 is 0 Å². The van der Waals surface area contributed by atoms with Crippen molar-refractivity contribution in [1.29, 1.82) is 5.26 Å². The zero-order chi connectivity index (χ0) is 32.2. The van der Waals surface area contributed by atoms with Crippen LogP contribution in [-0.2, 0) is 0 Å². The predicted molar refractivity (Wildman–Crippen MR) is 201 cm³/mol. The molecule has 9 aromatic rings. The third-order valence-electron chi connectivity index (χ3n) is 9.24. The van der Waals surface area contributed by atoms with Gasteiger partial charge < -0.3 is 4.57 Å². The topological polar surface area (TPSA) is 33.1 Å². The average molecular weight is 628 g/mol.